The summed E-state index contributed by atoms with van der Waals surface area (Å²) in [5.74, 6) is -0.136. The Labute approximate surface area is 222 Å². The third-order valence-corrected chi connectivity index (χ3v) is 6.59. The van der Waals surface area contributed by atoms with E-state index >= 15 is 0 Å². The second-order valence-electron chi connectivity index (χ2n) is 8.81. The highest BCUT2D eigenvalue weighted by Gasteiger charge is 2.38. The standard InChI is InChI=1S/C30H20N2O7/c1-37-19-8-6-17(7-9-19)31-27(33)23-12-10-21(15-25(23)29(31)35)39-22-11-13-24-26(16-22)30(36)32(28(24)34)18-4-3-5-20(14-18)38-2/h3-16H,1-2H3. The minimum atomic E-state index is -0.487. The molecular formula is C30H20N2O7. The summed E-state index contributed by atoms with van der Waals surface area (Å²) in [6.45, 7) is 0. The summed E-state index contributed by atoms with van der Waals surface area (Å²) in [7, 11) is 3.04. The monoisotopic (exact) mass is 520 g/mol. The number of anilines is 2. The molecule has 0 fully saturated rings. The lowest BCUT2D eigenvalue weighted by atomic mass is 10.1. The van der Waals surface area contributed by atoms with Crippen molar-refractivity contribution in [2.24, 2.45) is 0 Å². The third-order valence-electron chi connectivity index (χ3n) is 6.59. The number of rotatable bonds is 6. The first-order valence-electron chi connectivity index (χ1n) is 11.9. The van der Waals surface area contributed by atoms with E-state index in [1.165, 1.54) is 38.5 Å². The van der Waals surface area contributed by atoms with E-state index in [0.717, 1.165) is 9.80 Å². The van der Waals surface area contributed by atoms with Gasteiger partial charge in [0.15, 0.2) is 0 Å². The van der Waals surface area contributed by atoms with Crippen LogP contribution in [0.1, 0.15) is 41.4 Å². The highest BCUT2D eigenvalue weighted by atomic mass is 16.5. The van der Waals surface area contributed by atoms with Crippen molar-refractivity contribution in [2.45, 2.75) is 0 Å². The highest BCUT2D eigenvalue weighted by Crippen LogP contribution is 2.36. The molecule has 2 aliphatic rings. The van der Waals surface area contributed by atoms with Crippen molar-refractivity contribution in [3.8, 4) is 23.0 Å². The zero-order valence-corrected chi connectivity index (χ0v) is 20.8. The molecule has 2 heterocycles. The molecule has 0 saturated heterocycles. The molecule has 9 heteroatoms. The molecule has 4 aromatic carbocycles. The zero-order valence-electron chi connectivity index (χ0n) is 20.8. The van der Waals surface area contributed by atoms with E-state index in [1.54, 1.807) is 60.7 Å². The van der Waals surface area contributed by atoms with Gasteiger partial charge in [0.2, 0.25) is 0 Å². The van der Waals surface area contributed by atoms with Crippen LogP contribution < -0.4 is 24.0 Å². The molecule has 0 N–H and O–H groups in total. The first-order valence-corrected chi connectivity index (χ1v) is 11.9. The van der Waals surface area contributed by atoms with Crippen LogP contribution in [-0.4, -0.2) is 37.8 Å². The number of amides is 4. The van der Waals surface area contributed by atoms with Gasteiger partial charge in [-0.25, -0.2) is 9.80 Å². The molecule has 0 aromatic heterocycles. The van der Waals surface area contributed by atoms with Crippen molar-refractivity contribution in [1.29, 1.82) is 0 Å². The molecule has 0 radical (unpaired) electrons. The molecule has 0 aliphatic carbocycles. The van der Waals surface area contributed by atoms with Crippen molar-refractivity contribution in [3.63, 3.8) is 0 Å². The van der Waals surface area contributed by atoms with Crippen molar-refractivity contribution >= 4 is 35.0 Å². The average molecular weight is 520 g/mol. The molecule has 2 aliphatic heterocycles. The normalized spacial score (nSPS) is 14.0. The molecule has 0 unspecified atom stereocenters. The van der Waals surface area contributed by atoms with Gasteiger partial charge in [-0.2, -0.15) is 0 Å². The van der Waals surface area contributed by atoms with Crippen molar-refractivity contribution in [2.75, 3.05) is 24.0 Å². The Morgan fingerprint density at radius 2 is 0.949 bits per heavy atom. The summed E-state index contributed by atoms with van der Waals surface area (Å²) in [5.41, 5.74) is 1.72. The lowest BCUT2D eigenvalue weighted by Gasteiger charge is -2.14. The molecule has 0 saturated carbocycles. The van der Waals surface area contributed by atoms with E-state index in [4.69, 9.17) is 14.2 Å². The molecule has 0 bridgehead atoms. The zero-order chi connectivity index (χ0) is 27.3. The van der Waals surface area contributed by atoms with Gasteiger partial charge in [-0.15, -0.1) is 0 Å². The molecule has 9 nitrogen and oxygen atoms in total. The van der Waals surface area contributed by atoms with Crippen LogP contribution in [0.4, 0.5) is 11.4 Å². The van der Waals surface area contributed by atoms with Crippen LogP contribution >= 0.6 is 0 Å². The molecule has 0 spiro atoms. The Hall–Kier alpha value is -5.44. The lowest BCUT2D eigenvalue weighted by molar-refractivity contribution is 0.0910. The van der Waals surface area contributed by atoms with Crippen LogP contribution in [0.3, 0.4) is 0 Å². The Bertz CT molecular complexity index is 1690. The first-order chi connectivity index (χ1) is 18.9. The maximum absolute atomic E-state index is 13.2. The number of carbonyl (C=O) groups excluding carboxylic acids is 4. The van der Waals surface area contributed by atoms with Crippen molar-refractivity contribution < 1.29 is 33.4 Å². The first kappa shape index (κ1) is 23.9. The number of methoxy groups -OCH3 is 2. The molecule has 0 atom stereocenters. The molecule has 4 amide bonds. The van der Waals surface area contributed by atoms with Crippen LogP contribution in [0, 0.1) is 0 Å². The van der Waals surface area contributed by atoms with E-state index in [0.29, 0.717) is 34.4 Å². The maximum atomic E-state index is 13.2. The summed E-state index contributed by atoms with van der Waals surface area (Å²) >= 11 is 0. The summed E-state index contributed by atoms with van der Waals surface area (Å²) < 4.78 is 16.3. The molecule has 39 heavy (non-hydrogen) atoms. The van der Waals surface area contributed by atoms with Crippen molar-refractivity contribution in [1.82, 2.24) is 0 Å². The number of hydrogen-bond acceptors (Lipinski definition) is 7. The number of benzene rings is 4. The molecule has 4 aromatic rings. The van der Waals surface area contributed by atoms with Crippen LogP contribution in [0.5, 0.6) is 23.0 Å². The smallest absolute Gasteiger partial charge is 0.266 e. The summed E-state index contributed by atoms with van der Waals surface area (Å²) in [5, 5.41) is 0. The predicted molar refractivity (Wildman–Crippen MR) is 141 cm³/mol. The van der Waals surface area contributed by atoms with Gasteiger partial charge in [0.25, 0.3) is 23.6 Å². The SMILES string of the molecule is COc1ccc(N2C(=O)c3ccc(Oc4ccc5c(c4)C(=O)N(c4cccc(OC)c4)C5=O)cc3C2=O)cc1. The molecular weight excluding hydrogens is 500 g/mol. The second kappa shape index (κ2) is 9.14. The van der Waals surface area contributed by atoms with E-state index in [1.807, 2.05) is 0 Å². The Kier molecular flexibility index (Phi) is 5.61. The summed E-state index contributed by atoms with van der Waals surface area (Å²) in [4.78, 5) is 54.5. The highest BCUT2D eigenvalue weighted by molar-refractivity contribution is 6.35. The van der Waals surface area contributed by atoms with Crippen molar-refractivity contribution in [3.05, 3.63) is 107 Å². The molecule has 6 rings (SSSR count). The van der Waals surface area contributed by atoms with E-state index < -0.39 is 23.6 Å². The number of fused-ring (bicyclic) bond motifs is 2. The average Bonchev–Trinajstić information content (AvgIpc) is 3.36. The van der Waals surface area contributed by atoms with Crippen LogP contribution in [-0.2, 0) is 0 Å². The van der Waals surface area contributed by atoms with E-state index in [2.05, 4.69) is 0 Å². The fourth-order valence-electron chi connectivity index (χ4n) is 4.65. The van der Waals surface area contributed by atoms with Gasteiger partial charge >= 0.3 is 0 Å². The maximum Gasteiger partial charge on any atom is 0.266 e. The van der Waals surface area contributed by atoms with Crippen LogP contribution in [0.25, 0.3) is 0 Å². The minimum absolute atomic E-state index is 0.193. The van der Waals surface area contributed by atoms with Gasteiger partial charge in [0.05, 0.1) is 47.8 Å². The Morgan fingerprint density at radius 3 is 1.49 bits per heavy atom. The number of ether oxygens (including phenoxy) is 3. The van der Waals surface area contributed by atoms with Gasteiger partial charge in [-0.1, -0.05) is 6.07 Å². The van der Waals surface area contributed by atoms with Gasteiger partial charge < -0.3 is 14.2 Å². The third kappa shape index (κ3) is 3.88. The van der Waals surface area contributed by atoms with E-state index in [-0.39, 0.29) is 22.3 Å². The summed E-state index contributed by atoms with van der Waals surface area (Å²) in [6, 6.07) is 22.5. The Morgan fingerprint density at radius 1 is 0.462 bits per heavy atom. The number of carbonyl (C=O) groups is 4. The number of imide groups is 2. The largest absolute Gasteiger partial charge is 0.497 e. The Balaban J connectivity index is 1.26. The topological polar surface area (TPSA) is 102 Å². The van der Waals surface area contributed by atoms with Gasteiger partial charge in [0.1, 0.15) is 23.0 Å². The quantitative estimate of drug-likeness (QED) is 0.326. The van der Waals surface area contributed by atoms with Gasteiger partial charge in [0, 0.05) is 6.07 Å². The fourth-order valence-corrected chi connectivity index (χ4v) is 4.65. The molecule has 192 valence electrons. The van der Waals surface area contributed by atoms with Crippen LogP contribution in [0.2, 0.25) is 0 Å². The predicted octanol–water partition coefficient (Wildman–Crippen LogP) is 5.10. The van der Waals surface area contributed by atoms with Gasteiger partial charge in [-0.05, 0) is 72.8 Å². The number of hydrogen-bond donors (Lipinski definition) is 0. The summed E-state index contributed by atoms with van der Waals surface area (Å²) in [6.07, 6.45) is 0. The van der Waals surface area contributed by atoms with E-state index in [9.17, 15) is 19.2 Å². The fraction of sp³-hybridized carbons (Fsp3) is 0.0667. The minimum Gasteiger partial charge on any atom is -0.497 e. The lowest BCUT2D eigenvalue weighted by Crippen LogP contribution is -2.29. The second-order valence-corrected chi connectivity index (χ2v) is 8.81. The number of nitrogens with zero attached hydrogens (tertiary/aromatic N) is 2. The van der Waals surface area contributed by atoms with Crippen LogP contribution in [0.15, 0.2) is 84.9 Å². The van der Waals surface area contributed by atoms with Gasteiger partial charge in [-0.3, -0.25) is 19.2 Å².